The van der Waals surface area contributed by atoms with Crippen LogP contribution in [-0.4, -0.2) is 10.0 Å². The fourth-order valence-electron chi connectivity index (χ4n) is 1.70. The van der Waals surface area contributed by atoms with Crippen LogP contribution >= 0.6 is 11.6 Å². The van der Waals surface area contributed by atoms with Crippen LogP contribution in [0.5, 0.6) is 5.75 Å². The summed E-state index contributed by atoms with van der Waals surface area (Å²) in [7, 11) is 0. The molecule has 104 valence electrons. The summed E-state index contributed by atoms with van der Waals surface area (Å²) in [5.41, 5.74) is 0.248. The van der Waals surface area contributed by atoms with Crippen LogP contribution in [0.2, 0.25) is 5.02 Å². The fraction of sp³-hybridized carbons (Fsp3) is 0.0769. The van der Waals surface area contributed by atoms with E-state index < -0.39 is 10.7 Å². The summed E-state index contributed by atoms with van der Waals surface area (Å²) >= 11 is 5.80. The Balaban J connectivity index is 2.24. The molecule has 0 aromatic heterocycles. The Bertz CT molecular complexity index is 664. The summed E-state index contributed by atoms with van der Waals surface area (Å²) in [6, 6.07) is 7.58. The van der Waals surface area contributed by atoms with Gasteiger partial charge in [0.15, 0.2) is 0 Å². The molecule has 7 heteroatoms. The number of phenols is 1. The number of hydrogen-bond acceptors (Lipinski definition) is 4. The molecule has 0 aliphatic heterocycles. The number of halogens is 2. The molecule has 0 radical (unpaired) electrons. The van der Waals surface area contributed by atoms with Gasteiger partial charge in [-0.15, -0.1) is 0 Å². The van der Waals surface area contributed by atoms with Crippen LogP contribution < -0.4 is 5.32 Å². The monoisotopic (exact) mass is 296 g/mol. The molecule has 2 aromatic carbocycles. The summed E-state index contributed by atoms with van der Waals surface area (Å²) in [6.45, 7) is 0.0800. The molecular formula is C13H10ClFN2O3. The Morgan fingerprint density at radius 1 is 1.30 bits per heavy atom. The first kappa shape index (κ1) is 14.1. The highest BCUT2D eigenvalue weighted by atomic mass is 35.5. The lowest BCUT2D eigenvalue weighted by Crippen LogP contribution is -2.03. The third kappa shape index (κ3) is 3.16. The highest BCUT2D eigenvalue weighted by Gasteiger charge is 2.14. The first-order chi connectivity index (χ1) is 9.47. The second kappa shape index (κ2) is 5.75. The maximum absolute atomic E-state index is 13.1. The van der Waals surface area contributed by atoms with Gasteiger partial charge in [-0.2, -0.15) is 0 Å². The Hall–Kier alpha value is -2.34. The van der Waals surface area contributed by atoms with Crippen molar-refractivity contribution in [2.45, 2.75) is 6.54 Å². The van der Waals surface area contributed by atoms with Crippen molar-refractivity contribution in [2.24, 2.45) is 0 Å². The SMILES string of the molecule is O=[N+]([O-])c1ccc(F)cc1NCc1cc(Cl)ccc1O. The number of anilines is 1. The normalized spacial score (nSPS) is 10.3. The van der Waals surface area contributed by atoms with Gasteiger partial charge in [0.2, 0.25) is 0 Å². The summed E-state index contributed by atoms with van der Waals surface area (Å²) in [5, 5.41) is 23.6. The second-order valence-corrected chi connectivity index (χ2v) is 4.48. The van der Waals surface area contributed by atoms with Crippen molar-refractivity contribution in [1.82, 2.24) is 0 Å². The van der Waals surface area contributed by atoms with Gasteiger partial charge in [0.1, 0.15) is 17.3 Å². The third-order valence-corrected chi connectivity index (χ3v) is 2.90. The standard InChI is InChI=1S/C13H10ClFN2O3/c14-9-1-4-13(18)8(5-9)7-16-11-6-10(15)2-3-12(11)17(19)20/h1-6,16,18H,7H2. The molecule has 0 aliphatic rings. The minimum atomic E-state index is -0.612. The fourth-order valence-corrected chi connectivity index (χ4v) is 1.89. The van der Waals surface area contributed by atoms with Crippen molar-refractivity contribution in [3.63, 3.8) is 0 Å². The number of nitro benzene ring substituents is 1. The zero-order valence-corrected chi connectivity index (χ0v) is 10.9. The molecule has 0 bridgehead atoms. The van der Waals surface area contributed by atoms with Gasteiger partial charge >= 0.3 is 0 Å². The average molecular weight is 297 g/mol. The number of nitrogens with one attached hydrogen (secondary N) is 1. The summed E-state index contributed by atoms with van der Waals surface area (Å²) in [4.78, 5) is 10.2. The van der Waals surface area contributed by atoms with Crippen molar-refractivity contribution in [3.05, 3.63) is 62.9 Å². The van der Waals surface area contributed by atoms with E-state index >= 15 is 0 Å². The minimum absolute atomic E-state index is 0.000885. The Kier molecular flexibility index (Phi) is 4.05. The van der Waals surface area contributed by atoms with Gasteiger partial charge in [0.25, 0.3) is 5.69 Å². The minimum Gasteiger partial charge on any atom is -0.508 e. The van der Waals surface area contributed by atoms with E-state index in [1.165, 1.54) is 18.2 Å². The van der Waals surface area contributed by atoms with Crippen LogP contribution in [0.15, 0.2) is 36.4 Å². The van der Waals surface area contributed by atoms with Crippen LogP contribution in [0.1, 0.15) is 5.56 Å². The number of nitro groups is 1. The quantitative estimate of drug-likeness (QED) is 0.666. The molecule has 0 saturated heterocycles. The highest BCUT2D eigenvalue weighted by Crippen LogP contribution is 2.27. The van der Waals surface area contributed by atoms with Gasteiger partial charge in [0.05, 0.1) is 4.92 Å². The number of rotatable bonds is 4. The Labute approximate surface area is 118 Å². The average Bonchev–Trinajstić information content (AvgIpc) is 2.39. The van der Waals surface area contributed by atoms with E-state index in [4.69, 9.17) is 11.6 Å². The summed E-state index contributed by atoms with van der Waals surface area (Å²) in [5.74, 6) is -0.589. The smallest absolute Gasteiger partial charge is 0.292 e. The van der Waals surface area contributed by atoms with Crippen molar-refractivity contribution >= 4 is 23.0 Å². The molecule has 0 amide bonds. The first-order valence-electron chi connectivity index (χ1n) is 5.62. The molecule has 2 rings (SSSR count). The summed E-state index contributed by atoms with van der Waals surface area (Å²) in [6.07, 6.45) is 0. The Morgan fingerprint density at radius 2 is 2.05 bits per heavy atom. The van der Waals surface area contributed by atoms with E-state index in [0.29, 0.717) is 10.6 Å². The molecule has 0 heterocycles. The topological polar surface area (TPSA) is 75.4 Å². The molecule has 2 N–H and O–H groups in total. The van der Waals surface area contributed by atoms with E-state index in [2.05, 4.69) is 5.32 Å². The van der Waals surface area contributed by atoms with Crippen molar-refractivity contribution in [1.29, 1.82) is 0 Å². The first-order valence-corrected chi connectivity index (χ1v) is 6.00. The maximum Gasteiger partial charge on any atom is 0.292 e. The highest BCUT2D eigenvalue weighted by molar-refractivity contribution is 6.30. The molecule has 0 aliphatic carbocycles. The van der Waals surface area contributed by atoms with E-state index in [-0.39, 0.29) is 23.7 Å². The number of aromatic hydroxyl groups is 1. The number of benzene rings is 2. The van der Waals surface area contributed by atoms with Crippen LogP contribution in [0.25, 0.3) is 0 Å². The van der Waals surface area contributed by atoms with Crippen molar-refractivity contribution < 1.29 is 14.4 Å². The predicted molar refractivity (Wildman–Crippen MR) is 73.5 cm³/mol. The van der Waals surface area contributed by atoms with E-state index in [1.807, 2.05) is 0 Å². The van der Waals surface area contributed by atoms with Crippen molar-refractivity contribution in [2.75, 3.05) is 5.32 Å². The van der Waals surface area contributed by atoms with Gasteiger partial charge in [-0.25, -0.2) is 4.39 Å². The van der Waals surface area contributed by atoms with Crippen LogP contribution in [0, 0.1) is 15.9 Å². The zero-order chi connectivity index (χ0) is 14.7. The lowest BCUT2D eigenvalue weighted by atomic mass is 10.2. The van der Waals surface area contributed by atoms with Gasteiger partial charge in [-0.3, -0.25) is 10.1 Å². The van der Waals surface area contributed by atoms with E-state index in [1.54, 1.807) is 0 Å². The molecule has 0 spiro atoms. The van der Waals surface area contributed by atoms with Gasteiger partial charge < -0.3 is 10.4 Å². The second-order valence-electron chi connectivity index (χ2n) is 4.05. The molecule has 20 heavy (non-hydrogen) atoms. The third-order valence-electron chi connectivity index (χ3n) is 2.67. The lowest BCUT2D eigenvalue weighted by molar-refractivity contribution is -0.384. The number of phenolic OH excluding ortho intramolecular Hbond substituents is 1. The molecule has 0 unspecified atom stereocenters. The molecule has 5 nitrogen and oxygen atoms in total. The maximum atomic E-state index is 13.1. The number of hydrogen-bond donors (Lipinski definition) is 2. The molecular weight excluding hydrogens is 287 g/mol. The molecule has 0 fully saturated rings. The van der Waals surface area contributed by atoms with Gasteiger partial charge in [-0.05, 0) is 24.3 Å². The predicted octanol–water partition coefficient (Wildman–Crippen LogP) is 3.71. The summed E-state index contributed by atoms with van der Waals surface area (Å²) < 4.78 is 13.1. The lowest BCUT2D eigenvalue weighted by Gasteiger charge is -2.09. The number of nitrogens with zero attached hydrogens (tertiary/aromatic N) is 1. The molecule has 0 saturated carbocycles. The van der Waals surface area contributed by atoms with E-state index in [0.717, 1.165) is 18.2 Å². The van der Waals surface area contributed by atoms with E-state index in [9.17, 15) is 19.6 Å². The van der Waals surface area contributed by atoms with Crippen LogP contribution in [0.3, 0.4) is 0 Å². The van der Waals surface area contributed by atoms with Crippen molar-refractivity contribution in [3.8, 4) is 5.75 Å². The van der Waals surface area contributed by atoms with Crippen LogP contribution in [-0.2, 0) is 6.54 Å². The van der Waals surface area contributed by atoms with Crippen LogP contribution in [0.4, 0.5) is 15.8 Å². The van der Waals surface area contributed by atoms with Gasteiger partial charge in [-0.1, -0.05) is 11.6 Å². The largest absolute Gasteiger partial charge is 0.508 e. The van der Waals surface area contributed by atoms with Gasteiger partial charge in [0, 0.05) is 29.3 Å². The Morgan fingerprint density at radius 3 is 2.75 bits per heavy atom. The molecule has 2 aromatic rings. The molecule has 0 atom stereocenters. The zero-order valence-electron chi connectivity index (χ0n) is 10.1.